The third kappa shape index (κ3) is 5.66. The van der Waals surface area contributed by atoms with Crippen molar-refractivity contribution in [3.63, 3.8) is 0 Å². The van der Waals surface area contributed by atoms with Crippen LogP contribution >= 0.6 is 11.8 Å². The van der Waals surface area contributed by atoms with Crippen molar-refractivity contribution in [1.82, 2.24) is 19.7 Å². The van der Waals surface area contributed by atoms with Gasteiger partial charge in [0.2, 0.25) is 5.91 Å². The van der Waals surface area contributed by atoms with Crippen molar-refractivity contribution < 1.29 is 9.59 Å². The quantitative estimate of drug-likeness (QED) is 0.240. The van der Waals surface area contributed by atoms with Gasteiger partial charge in [-0.1, -0.05) is 36.9 Å². The van der Waals surface area contributed by atoms with Crippen LogP contribution in [0.1, 0.15) is 42.6 Å². The van der Waals surface area contributed by atoms with E-state index in [4.69, 9.17) is 0 Å². The molecule has 0 unspecified atom stereocenters. The lowest BCUT2D eigenvalue weighted by Crippen LogP contribution is -2.15. The average Bonchev–Trinajstić information content (AvgIpc) is 3.28. The number of aromatic nitrogens is 4. The van der Waals surface area contributed by atoms with Crippen LogP contribution in [0, 0.1) is 6.92 Å². The van der Waals surface area contributed by atoms with Crippen molar-refractivity contribution >= 4 is 29.1 Å². The molecule has 1 atom stereocenters. The summed E-state index contributed by atoms with van der Waals surface area (Å²) in [4.78, 5) is 29.2. The molecule has 35 heavy (non-hydrogen) atoms. The predicted octanol–water partition coefficient (Wildman–Crippen LogP) is 5.74. The first-order chi connectivity index (χ1) is 17.0. The number of rotatable bonds is 9. The number of carbonyl (C=O) groups excluding carboxylic acids is 2. The topological polar surface area (TPSA) is 89.8 Å². The molecule has 0 saturated carbocycles. The molecule has 2 aromatic heterocycles. The van der Waals surface area contributed by atoms with Crippen LogP contribution in [0.5, 0.6) is 0 Å². The van der Waals surface area contributed by atoms with Gasteiger partial charge in [0.25, 0.3) is 0 Å². The molecule has 7 nitrogen and oxygen atoms in total. The van der Waals surface area contributed by atoms with Gasteiger partial charge < -0.3 is 5.32 Å². The average molecular weight is 486 g/mol. The van der Waals surface area contributed by atoms with Crippen molar-refractivity contribution in [2.45, 2.75) is 44.0 Å². The van der Waals surface area contributed by atoms with Gasteiger partial charge in [-0.3, -0.25) is 19.1 Å². The molecule has 0 radical (unpaired) electrons. The van der Waals surface area contributed by atoms with E-state index in [9.17, 15) is 9.59 Å². The number of nitrogens with one attached hydrogen (secondary N) is 1. The van der Waals surface area contributed by atoms with Crippen LogP contribution in [-0.2, 0) is 4.79 Å². The number of hydrogen-bond acceptors (Lipinski definition) is 6. The van der Waals surface area contributed by atoms with E-state index in [1.165, 1.54) is 11.8 Å². The summed E-state index contributed by atoms with van der Waals surface area (Å²) in [5.41, 5.74) is 4.12. The Kier molecular flexibility index (Phi) is 7.72. The van der Waals surface area contributed by atoms with Crippen LogP contribution in [0.2, 0.25) is 0 Å². The van der Waals surface area contributed by atoms with Gasteiger partial charge in [-0.2, -0.15) is 0 Å². The van der Waals surface area contributed by atoms with Gasteiger partial charge >= 0.3 is 0 Å². The molecule has 2 heterocycles. The number of pyridine rings is 1. The van der Waals surface area contributed by atoms with Gasteiger partial charge in [0.1, 0.15) is 0 Å². The first-order valence-corrected chi connectivity index (χ1v) is 12.4. The summed E-state index contributed by atoms with van der Waals surface area (Å²) in [5, 5.41) is 12.0. The number of benzene rings is 2. The van der Waals surface area contributed by atoms with E-state index in [0.717, 1.165) is 23.2 Å². The van der Waals surface area contributed by atoms with Crippen molar-refractivity contribution in [3.05, 3.63) is 84.2 Å². The molecule has 2 aromatic carbocycles. The minimum absolute atomic E-state index is 0.0244. The Labute approximate surface area is 209 Å². The zero-order chi connectivity index (χ0) is 24.8. The maximum atomic E-state index is 13.2. The minimum Gasteiger partial charge on any atom is -0.326 e. The number of anilines is 1. The minimum atomic E-state index is -0.399. The third-order valence-corrected chi connectivity index (χ3v) is 6.53. The van der Waals surface area contributed by atoms with E-state index in [1.807, 2.05) is 61.7 Å². The van der Waals surface area contributed by atoms with Gasteiger partial charge in [-0.15, -0.1) is 10.2 Å². The maximum Gasteiger partial charge on any atom is 0.224 e. The Hall–Kier alpha value is -3.78. The second kappa shape index (κ2) is 11.1. The molecule has 1 amide bonds. The molecule has 8 heteroatoms. The summed E-state index contributed by atoms with van der Waals surface area (Å²) in [5.74, 6) is 0.612. The highest BCUT2D eigenvalue weighted by atomic mass is 32.2. The predicted molar refractivity (Wildman–Crippen MR) is 139 cm³/mol. The summed E-state index contributed by atoms with van der Waals surface area (Å²) in [6.45, 7) is 5.86. The number of carbonyl (C=O) groups is 2. The summed E-state index contributed by atoms with van der Waals surface area (Å²) in [6.07, 6.45) is 4.72. The first kappa shape index (κ1) is 24.3. The molecule has 178 valence electrons. The summed E-state index contributed by atoms with van der Waals surface area (Å²) >= 11 is 1.36. The molecule has 0 spiro atoms. The highest BCUT2D eigenvalue weighted by Gasteiger charge is 2.23. The molecule has 0 saturated heterocycles. The molecular formula is C27H27N5O2S. The lowest BCUT2D eigenvalue weighted by molar-refractivity contribution is -0.116. The molecule has 0 bridgehead atoms. The number of ketones is 1. The number of aryl methyl sites for hydroxylation is 1. The first-order valence-electron chi connectivity index (χ1n) is 11.5. The van der Waals surface area contributed by atoms with Crippen LogP contribution in [0.4, 0.5) is 5.69 Å². The van der Waals surface area contributed by atoms with E-state index in [2.05, 4.69) is 20.5 Å². The van der Waals surface area contributed by atoms with Gasteiger partial charge in [-0.25, -0.2) is 0 Å². The molecule has 4 aromatic rings. The molecule has 4 rings (SSSR count). The van der Waals surface area contributed by atoms with E-state index in [1.54, 1.807) is 36.7 Å². The Morgan fingerprint density at radius 2 is 1.80 bits per heavy atom. The number of Topliss-reactive ketones (excluding diaryl/α,β-unsaturated/α-hetero) is 1. The van der Waals surface area contributed by atoms with E-state index < -0.39 is 5.25 Å². The maximum absolute atomic E-state index is 13.2. The lowest BCUT2D eigenvalue weighted by atomic mass is 10.1. The monoisotopic (exact) mass is 485 g/mol. The smallest absolute Gasteiger partial charge is 0.224 e. The summed E-state index contributed by atoms with van der Waals surface area (Å²) in [6, 6.07) is 18.8. The van der Waals surface area contributed by atoms with Gasteiger partial charge in [0.15, 0.2) is 16.8 Å². The molecule has 0 aliphatic rings. The summed E-state index contributed by atoms with van der Waals surface area (Å²) in [7, 11) is 0. The Morgan fingerprint density at radius 1 is 1.03 bits per heavy atom. The molecule has 1 N–H and O–H groups in total. The second-order valence-corrected chi connectivity index (χ2v) is 9.48. The van der Waals surface area contributed by atoms with Crippen molar-refractivity contribution in [2.24, 2.45) is 0 Å². The highest BCUT2D eigenvalue weighted by molar-refractivity contribution is 8.00. The van der Waals surface area contributed by atoms with E-state index in [0.29, 0.717) is 28.7 Å². The van der Waals surface area contributed by atoms with Crippen LogP contribution in [-0.4, -0.2) is 36.7 Å². The fraction of sp³-hybridized carbons (Fsp3) is 0.222. The van der Waals surface area contributed by atoms with Gasteiger partial charge in [0.05, 0.1) is 10.9 Å². The standard InChI is InChI=1S/C27H27N5O2S/c1-4-8-24(33)29-22-14-12-20(13-15-22)25(34)19(3)35-27-31-30-26(21-10-7-16-28-17-21)32(27)23-11-6-5-9-18(23)2/h5-7,9-17,19H,4,8H2,1-3H3,(H,29,33)/t19-/m0/s1. The molecule has 0 aliphatic carbocycles. The largest absolute Gasteiger partial charge is 0.326 e. The van der Waals surface area contributed by atoms with Crippen molar-refractivity contribution in [3.8, 4) is 17.1 Å². The van der Waals surface area contributed by atoms with Crippen molar-refractivity contribution in [2.75, 3.05) is 5.32 Å². The lowest BCUT2D eigenvalue weighted by Gasteiger charge is -2.15. The molecular weight excluding hydrogens is 458 g/mol. The Balaban J connectivity index is 1.59. The zero-order valence-electron chi connectivity index (χ0n) is 19.9. The SMILES string of the molecule is CCCC(=O)Nc1ccc(C(=O)[C@H](C)Sc2nnc(-c3cccnc3)n2-c2ccccc2C)cc1. The number of amides is 1. The van der Waals surface area contributed by atoms with E-state index >= 15 is 0 Å². The fourth-order valence-corrected chi connectivity index (χ4v) is 4.61. The Bertz CT molecular complexity index is 1320. The highest BCUT2D eigenvalue weighted by Crippen LogP contribution is 2.32. The molecule has 0 fully saturated rings. The van der Waals surface area contributed by atoms with Gasteiger partial charge in [0, 0.05) is 35.6 Å². The van der Waals surface area contributed by atoms with Crippen LogP contribution in [0.3, 0.4) is 0 Å². The van der Waals surface area contributed by atoms with Gasteiger partial charge in [-0.05, 0) is 68.3 Å². The van der Waals surface area contributed by atoms with E-state index in [-0.39, 0.29) is 11.7 Å². The van der Waals surface area contributed by atoms with Crippen LogP contribution < -0.4 is 5.32 Å². The van der Waals surface area contributed by atoms with Crippen LogP contribution in [0.15, 0.2) is 78.2 Å². The second-order valence-electron chi connectivity index (χ2n) is 8.17. The summed E-state index contributed by atoms with van der Waals surface area (Å²) < 4.78 is 1.98. The number of thioether (sulfide) groups is 1. The molecule has 0 aliphatic heterocycles. The van der Waals surface area contributed by atoms with Crippen LogP contribution in [0.25, 0.3) is 17.1 Å². The van der Waals surface area contributed by atoms with Crippen molar-refractivity contribution in [1.29, 1.82) is 0 Å². The fourth-order valence-electron chi connectivity index (χ4n) is 3.67. The number of para-hydroxylation sites is 1. The Morgan fingerprint density at radius 3 is 2.49 bits per heavy atom. The third-order valence-electron chi connectivity index (χ3n) is 5.49. The number of hydrogen-bond donors (Lipinski definition) is 1. The normalized spacial score (nSPS) is 11.7. The number of nitrogens with zero attached hydrogens (tertiary/aromatic N) is 4. The zero-order valence-corrected chi connectivity index (χ0v) is 20.7.